The van der Waals surface area contributed by atoms with Gasteiger partial charge in [-0.15, -0.1) is 0 Å². The largest absolute Gasteiger partial charge is 0.366 e. The highest BCUT2D eigenvalue weighted by molar-refractivity contribution is 7.67. The third kappa shape index (κ3) is 3.22. The van der Waals surface area contributed by atoms with Crippen molar-refractivity contribution in [3.05, 3.63) is 11.4 Å². The van der Waals surface area contributed by atoms with Gasteiger partial charge in [-0.1, -0.05) is 13.8 Å². The Kier molecular flexibility index (Phi) is 4.25. The van der Waals surface area contributed by atoms with Crippen molar-refractivity contribution < 1.29 is 9.36 Å². The molecule has 0 saturated heterocycles. The third-order valence-corrected chi connectivity index (χ3v) is 4.89. The van der Waals surface area contributed by atoms with Gasteiger partial charge in [-0.3, -0.25) is 4.79 Å². The molecule has 0 aromatic carbocycles. The highest BCUT2D eigenvalue weighted by Gasteiger charge is 2.14. The minimum Gasteiger partial charge on any atom is -0.366 e. The standard InChI is InChI=1S/C8H16NO2P/c1-4-12(11,5-2)6-7(3)8(9)10/h6H,4-5H2,1-3H3,(H2,9,10). The molecule has 0 heterocycles. The molecule has 0 aliphatic carbocycles. The van der Waals surface area contributed by atoms with Gasteiger partial charge in [0.25, 0.3) is 0 Å². The maximum atomic E-state index is 11.8. The van der Waals surface area contributed by atoms with E-state index in [-0.39, 0.29) is 0 Å². The smallest absolute Gasteiger partial charge is 0.244 e. The molecule has 2 N–H and O–H groups in total. The van der Waals surface area contributed by atoms with Crippen molar-refractivity contribution in [2.24, 2.45) is 5.73 Å². The Bertz CT molecular complexity index is 237. The molecule has 70 valence electrons. The first-order valence-electron chi connectivity index (χ1n) is 4.02. The molecule has 0 aromatic heterocycles. The number of hydrogen-bond acceptors (Lipinski definition) is 2. The summed E-state index contributed by atoms with van der Waals surface area (Å²) in [5.41, 5.74) is 5.43. The van der Waals surface area contributed by atoms with Gasteiger partial charge in [-0.2, -0.15) is 0 Å². The second-order valence-electron chi connectivity index (χ2n) is 2.76. The second-order valence-corrected chi connectivity index (χ2v) is 6.19. The summed E-state index contributed by atoms with van der Waals surface area (Å²) in [6.45, 7) is 5.31. The third-order valence-electron chi connectivity index (χ3n) is 1.89. The summed E-state index contributed by atoms with van der Waals surface area (Å²) >= 11 is 0. The van der Waals surface area contributed by atoms with Crippen molar-refractivity contribution in [2.45, 2.75) is 20.8 Å². The van der Waals surface area contributed by atoms with Gasteiger partial charge in [0.05, 0.1) is 0 Å². The molecule has 0 aliphatic heterocycles. The summed E-state index contributed by atoms with van der Waals surface area (Å²) in [6.07, 6.45) is 1.18. The van der Waals surface area contributed by atoms with E-state index in [1.54, 1.807) is 6.92 Å². The number of hydrogen-bond donors (Lipinski definition) is 1. The molecule has 0 spiro atoms. The maximum Gasteiger partial charge on any atom is 0.244 e. The Morgan fingerprint density at radius 1 is 1.42 bits per heavy atom. The van der Waals surface area contributed by atoms with Crippen molar-refractivity contribution in [1.82, 2.24) is 0 Å². The van der Waals surface area contributed by atoms with E-state index in [9.17, 15) is 9.36 Å². The number of primary amides is 1. The molecule has 12 heavy (non-hydrogen) atoms. The lowest BCUT2D eigenvalue weighted by atomic mass is 10.3. The molecule has 0 aliphatic rings. The summed E-state index contributed by atoms with van der Waals surface area (Å²) < 4.78 is 11.8. The number of carbonyl (C=O) groups is 1. The van der Waals surface area contributed by atoms with Crippen LogP contribution >= 0.6 is 7.14 Å². The van der Waals surface area contributed by atoms with Crippen molar-refractivity contribution in [2.75, 3.05) is 12.3 Å². The average Bonchev–Trinajstić information content (AvgIpc) is 2.04. The van der Waals surface area contributed by atoms with E-state index < -0.39 is 13.0 Å². The molecular weight excluding hydrogens is 173 g/mol. The Labute approximate surface area is 73.4 Å². The van der Waals surface area contributed by atoms with Gasteiger partial charge in [0, 0.05) is 17.9 Å². The molecule has 3 nitrogen and oxygen atoms in total. The first-order valence-corrected chi connectivity index (χ1v) is 6.17. The van der Waals surface area contributed by atoms with Crippen LogP contribution in [0.15, 0.2) is 11.4 Å². The first kappa shape index (κ1) is 11.4. The predicted octanol–water partition coefficient (Wildman–Crippen LogP) is 1.78. The van der Waals surface area contributed by atoms with E-state index in [1.807, 2.05) is 13.8 Å². The van der Waals surface area contributed by atoms with Crippen LogP contribution in [0.1, 0.15) is 20.8 Å². The van der Waals surface area contributed by atoms with Gasteiger partial charge in [0.15, 0.2) is 0 Å². The minimum absolute atomic E-state index is 0.405. The van der Waals surface area contributed by atoms with Crippen LogP contribution in [0.25, 0.3) is 0 Å². The first-order chi connectivity index (χ1) is 5.45. The average molecular weight is 189 g/mol. The fourth-order valence-electron chi connectivity index (χ4n) is 0.823. The lowest BCUT2D eigenvalue weighted by molar-refractivity contribution is -0.114. The normalized spacial score (nSPS) is 13.1. The Morgan fingerprint density at radius 2 is 1.83 bits per heavy atom. The molecule has 0 unspecified atom stereocenters. The molecule has 0 saturated carbocycles. The molecule has 1 amide bonds. The van der Waals surface area contributed by atoms with Crippen molar-refractivity contribution in [3.8, 4) is 0 Å². The fraction of sp³-hybridized carbons (Fsp3) is 0.625. The Morgan fingerprint density at radius 3 is 2.08 bits per heavy atom. The van der Waals surface area contributed by atoms with Crippen LogP contribution in [0, 0.1) is 0 Å². The lowest BCUT2D eigenvalue weighted by Crippen LogP contribution is -2.11. The van der Waals surface area contributed by atoms with Crippen LogP contribution in [0.5, 0.6) is 0 Å². The topological polar surface area (TPSA) is 60.2 Å². The zero-order chi connectivity index (χ0) is 9.78. The van der Waals surface area contributed by atoms with Gasteiger partial charge < -0.3 is 10.3 Å². The number of amides is 1. The molecular formula is C8H16NO2P. The van der Waals surface area contributed by atoms with E-state index in [1.165, 1.54) is 5.82 Å². The second kappa shape index (κ2) is 4.46. The van der Waals surface area contributed by atoms with Crippen molar-refractivity contribution in [1.29, 1.82) is 0 Å². The van der Waals surface area contributed by atoms with Crippen LogP contribution in [-0.2, 0) is 9.36 Å². The van der Waals surface area contributed by atoms with Crippen LogP contribution in [0.4, 0.5) is 0 Å². The van der Waals surface area contributed by atoms with Gasteiger partial charge in [0.1, 0.15) is 7.14 Å². The molecule has 0 fully saturated rings. The highest BCUT2D eigenvalue weighted by atomic mass is 31.2. The molecule has 0 aromatic rings. The van der Waals surface area contributed by atoms with Gasteiger partial charge in [-0.25, -0.2) is 0 Å². The zero-order valence-electron chi connectivity index (χ0n) is 7.83. The fourth-order valence-corrected chi connectivity index (χ4v) is 2.47. The molecule has 4 heteroatoms. The number of nitrogens with two attached hydrogens (primary N) is 1. The van der Waals surface area contributed by atoms with E-state index in [2.05, 4.69) is 0 Å². The molecule has 0 rings (SSSR count). The van der Waals surface area contributed by atoms with Gasteiger partial charge in [-0.05, 0) is 12.7 Å². The zero-order valence-corrected chi connectivity index (χ0v) is 8.73. The van der Waals surface area contributed by atoms with Crippen LogP contribution in [0.3, 0.4) is 0 Å². The Hall–Kier alpha value is -0.560. The number of rotatable bonds is 4. The van der Waals surface area contributed by atoms with E-state index in [0.29, 0.717) is 17.9 Å². The quantitative estimate of drug-likeness (QED) is 0.541. The molecule has 0 atom stereocenters. The summed E-state index contributed by atoms with van der Waals surface area (Å²) in [4.78, 5) is 10.6. The van der Waals surface area contributed by atoms with Crippen molar-refractivity contribution >= 4 is 13.0 Å². The number of carbonyl (C=O) groups excluding carboxylic acids is 1. The Balaban J connectivity index is 4.70. The van der Waals surface area contributed by atoms with E-state index in [4.69, 9.17) is 5.73 Å². The molecule has 0 radical (unpaired) electrons. The molecule has 0 bridgehead atoms. The van der Waals surface area contributed by atoms with Gasteiger partial charge in [0.2, 0.25) is 5.91 Å². The van der Waals surface area contributed by atoms with Gasteiger partial charge >= 0.3 is 0 Å². The predicted molar refractivity (Wildman–Crippen MR) is 51.6 cm³/mol. The monoisotopic (exact) mass is 189 g/mol. The van der Waals surface area contributed by atoms with Crippen molar-refractivity contribution in [3.63, 3.8) is 0 Å². The van der Waals surface area contributed by atoms with Crippen LogP contribution in [-0.4, -0.2) is 18.2 Å². The SMILES string of the molecule is CCP(=O)(C=C(C)C(N)=O)CC. The lowest BCUT2D eigenvalue weighted by Gasteiger charge is -2.08. The minimum atomic E-state index is -2.25. The summed E-state index contributed by atoms with van der Waals surface area (Å²) in [5, 5.41) is 0. The summed E-state index contributed by atoms with van der Waals surface area (Å²) in [5.74, 6) is 1.05. The highest BCUT2D eigenvalue weighted by Crippen LogP contribution is 2.47. The maximum absolute atomic E-state index is 11.8. The van der Waals surface area contributed by atoms with Crippen LogP contribution < -0.4 is 5.73 Å². The van der Waals surface area contributed by atoms with E-state index in [0.717, 1.165) is 0 Å². The summed E-state index contributed by atoms with van der Waals surface area (Å²) in [7, 11) is -2.25. The van der Waals surface area contributed by atoms with E-state index >= 15 is 0 Å². The van der Waals surface area contributed by atoms with Crippen LogP contribution in [0.2, 0.25) is 0 Å². The summed E-state index contributed by atoms with van der Waals surface area (Å²) in [6, 6.07) is 0.